The minimum Gasteiger partial charge on any atom is -0.320 e. The van der Waals surface area contributed by atoms with Gasteiger partial charge in [-0.2, -0.15) is 0 Å². The molecular weight excluding hydrogens is 245 g/mol. The number of halogens is 2. The minimum absolute atomic E-state index is 0.111. The van der Waals surface area contributed by atoms with Crippen LogP contribution < -0.4 is 5.73 Å². The molecule has 0 radical (unpaired) electrons. The molecule has 84 valence electrons. The molecule has 0 aliphatic carbocycles. The molecule has 0 amide bonds. The highest BCUT2D eigenvalue weighted by molar-refractivity contribution is 7.10. The fourth-order valence-electron chi connectivity index (χ4n) is 1.53. The summed E-state index contributed by atoms with van der Waals surface area (Å²) in [7, 11) is 0. The summed E-state index contributed by atoms with van der Waals surface area (Å²) in [6.45, 7) is 2.03. The van der Waals surface area contributed by atoms with E-state index in [1.165, 1.54) is 10.9 Å². The lowest BCUT2D eigenvalue weighted by Gasteiger charge is -2.10. The summed E-state index contributed by atoms with van der Waals surface area (Å²) in [5, 5.41) is 2.12. The Morgan fingerprint density at radius 3 is 2.62 bits per heavy atom. The van der Waals surface area contributed by atoms with Crippen LogP contribution in [0.15, 0.2) is 29.6 Å². The van der Waals surface area contributed by atoms with Gasteiger partial charge in [-0.25, -0.2) is 4.39 Å². The van der Waals surface area contributed by atoms with Gasteiger partial charge in [0.1, 0.15) is 5.82 Å². The van der Waals surface area contributed by atoms with E-state index in [0.717, 1.165) is 11.1 Å². The van der Waals surface area contributed by atoms with Crippen molar-refractivity contribution in [2.24, 2.45) is 5.73 Å². The molecule has 0 fully saturated rings. The van der Waals surface area contributed by atoms with Crippen LogP contribution in [-0.4, -0.2) is 0 Å². The first-order chi connectivity index (χ1) is 7.58. The zero-order valence-electron chi connectivity index (χ0n) is 8.71. The number of nitrogens with two attached hydrogens (primary N) is 1. The van der Waals surface area contributed by atoms with E-state index in [1.807, 2.05) is 18.4 Å². The number of hydrogen-bond donors (Lipinski definition) is 1. The van der Waals surface area contributed by atoms with E-state index in [9.17, 15) is 4.39 Å². The van der Waals surface area contributed by atoms with Gasteiger partial charge >= 0.3 is 0 Å². The van der Waals surface area contributed by atoms with Crippen LogP contribution in [-0.2, 0) is 0 Å². The number of hydrogen-bond acceptors (Lipinski definition) is 2. The fourth-order valence-corrected chi connectivity index (χ4v) is 2.45. The summed E-state index contributed by atoms with van der Waals surface area (Å²) in [6.07, 6.45) is 0. The third-order valence-corrected chi connectivity index (χ3v) is 3.58. The van der Waals surface area contributed by atoms with Gasteiger partial charge in [-0.15, -0.1) is 11.3 Å². The molecule has 0 aliphatic rings. The van der Waals surface area contributed by atoms with Gasteiger partial charge in [-0.3, -0.25) is 0 Å². The first-order valence-corrected chi connectivity index (χ1v) is 6.09. The van der Waals surface area contributed by atoms with Crippen molar-refractivity contribution < 1.29 is 4.39 Å². The zero-order valence-corrected chi connectivity index (χ0v) is 10.3. The van der Waals surface area contributed by atoms with Crippen molar-refractivity contribution in [3.8, 4) is 0 Å². The topological polar surface area (TPSA) is 26.0 Å². The van der Waals surface area contributed by atoms with Crippen LogP contribution in [0.1, 0.15) is 22.0 Å². The number of thiophene rings is 1. The van der Waals surface area contributed by atoms with Gasteiger partial charge in [0.15, 0.2) is 0 Å². The molecule has 0 saturated carbocycles. The van der Waals surface area contributed by atoms with E-state index in [4.69, 9.17) is 17.3 Å². The third kappa shape index (κ3) is 2.26. The molecule has 1 heterocycles. The first-order valence-electron chi connectivity index (χ1n) is 4.83. The van der Waals surface area contributed by atoms with Crippen molar-refractivity contribution in [1.82, 2.24) is 0 Å². The second-order valence-corrected chi connectivity index (χ2v) is 5.16. The van der Waals surface area contributed by atoms with Gasteiger partial charge in [0.25, 0.3) is 0 Å². The molecule has 1 atom stereocenters. The van der Waals surface area contributed by atoms with Crippen LogP contribution in [0.3, 0.4) is 0 Å². The molecule has 0 aliphatic heterocycles. The molecule has 16 heavy (non-hydrogen) atoms. The van der Waals surface area contributed by atoms with Gasteiger partial charge < -0.3 is 5.73 Å². The molecular formula is C12H11ClFNS. The summed E-state index contributed by atoms with van der Waals surface area (Å²) in [5.74, 6) is -0.417. The molecule has 4 heteroatoms. The van der Waals surface area contributed by atoms with Gasteiger partial charge in [-0.05, 0) is 41.6 Å². The molecule has 1 unspecified atom stereocenters. The number of benzene rings is 1. The molecule has 0 spiro atoms. The van der Waals surface area contributed by atoms with Crippen molar-refractivity contribution in [2.45, 2.75) is 13.0 Å². The maximum absolute atomic E-state index is 13.0. The van der Waals surface area contributed by atoms with Crippen LogP contribution in [0.5, 0.6) is 0 Å². The molecule has 1 aromatic heterocycles. The Hall–Kier alpha value is -0.900. The van der Waals surface area contributed by atoms with E-state index in [2.05, 4.69) is 0 Å². The van der Waals surface area contributed by atoms with Crippen LogP contribution in [0.25, 0.3) is 0 Å². The van der Waals surface area contributed by atoms with E-state index in [-0.39, 0.29) is 11.1 Å². The average molecular weight is 256 g/mol. The number of rotatable bonds is 2. The van der Waals surface area contributed by atoms with Gasteiger partial charge in [0, 0.05) is 4.88 Å². The highest BCUT2D eigenvalue weighted by Gasteiger charge is 2.12. The molecule has 1 nitrogen and oxygen atoms in total. The quantitative estimate of drug-likeness (QED) is 0.866. The molecule has 1 aromatic carbocycles. The Kier molecular flexibility index (Phi) is 3.28. The Bertz CT molecular complexity index is 509. The van der Waals surface area contributed by atoms with Crippen LogP contribution in [0, 0.1) is 12.7 Å². The highest BCUT2D eigenvalue weighted by atomic mass is 35.5. The van der Waals surface area contributed by atoms with E-state index >= 15 is 0 Å². The van der Waals surface area contributed by atoms with E-state index in [1.54, 1.807) is 23.5 Å². The van der Waals surface area contributed by atoms with Gasteiger partial charge in [0.05, 0.1) is 11.1 Å². The molecule has 2 rings (SSSR count). The lowest BCUT2D eigenvalue weighted by Crippen LogP contribution is -2.10. The van der Waals surface area contributed by atoms with Crippen molar-refractivity contribution in [2.75, 3.05) is 0 Å². The standard InChI is InChI=1S/C12H11ClFNS/c1-7-4-9(6-16-7)12(15)8-2-3-11(14)10(13)5-8/h2-6,12H,15H2,1H3. The molecule has 0 bridgehead atoms. The monoisotopic (exact) mass is 255 g/mol. The summed E-state index contributed by atoms with van der Waals surface area (Å²) in [6, 6.07) is 6.37. The largest absolute Gasteiger partial charge is 0.320 e. The SMILES string of the molecule is Cc1cc(C(N)c2ccc(F)c(Cl)c2)cs1. The van der Waals surface area contributed by atoms with Crippen LogP contribution in [0.4, 0.5) is 4.39 Å². The molecule has 2 N–H and O–H groups in total. The summed E-state index contributed by atoms with van der Waals surface area (Å²) in [4.78, 5) is 1.21. The van der Waals surface area contributed by atoms with Crippen molar-refractivity contribution >= 4 is 22.9 Å². The van der Waals surface area contributed by atoms with Crippen molar-refractivity contribution in [3.05, 3.63) is 56.5 Å². The second kappa shape index (κ2) is 4.53. The zero-order chi connectivity index (χ0) is 11.7. The summed E-state index contributed by atoms with van der Waals surface area (Å²) in [5.41, 5.74) is 7.93. The smallest absolute Gasteiger partial charge is 0.141 e. The van der Waals surface area contributed by atoms with Crippen molar-refractivity contribution in [1.29, 1.82) is 0 Å². The van der Waals surface area contributed by atoms with Gasteiger partial charge in [-0.1, -0.05) is 17.7 Å². The first kappa shape index (κ1) is 11.6. The van der Waals surface area contributed by atoms with Crippen molar-refractivity contribution in [3.63, 3.8) is 0 Å². The lowest BCUT2D eigenvalue weighted by atomic mass is 10.0. The predicted octanol–water partition coefficient (Wildman–Crippen LogP) is 3.90. The molecule has 2 aromatic rings. The Balaban J connectivity index is 2.33. The normalized spacial score (nSPS) is 12.8. The maximum Gasteiger partial charge on any atom is 0.141 e. The lowest BCUT2D eigenvalue weighted by molar-refractivity contribution is 0.627. The fraction of sp³-hybridized carbons (Fsp3) is 0.167. The van der Waals surface area contributed by atoms with E-state index in [0.29, 0.717) is 0 Å². The molecule has 0 saturated heterocycles. The predicted molar refractivity (Wildman–Crippen MR) is 66.5 cm³/mol. The highest BCUT2D eigenvalue weighted by Crippen LogP contribution is 2.26. The maximum atomic E-state index is 13.0. The minimum atomic E-state index is -0.417. The third-order valence-electron chi connectivity index (χ3n) is 2.41. The second-order valence-electron chi connectivity index (χ2n) is 3.64. The Morgan fingerprint density at radius 2 is 2.06 bits per heavy atom. The Morgan fingerprint density at radius 1 is 1.31 bits per heavy atom. The van der Waals surface area contributed by atoms with Gasteiger partial charge in [0.2, 0.25) is 0 Å². The van der Waals surface area contributed by atoms with E-state index < -0.39 is 5.82 Å². The van der Waals surface area contributed by atoms with Crippen LogP contribution in [0.2, 0.25) is 5.02 Å². The summed E-state index contributed by atoms with van der Waals surface area (Å²) >= 11 is 7.37. The van der Waals surface area contributed by atoms with Crippen LogP contribution >= 0.6 is 22.9 Å². The number of aryl methyl sites for hydroxylation is 1. The Labute approximate surface area is 103 Å². The summed E-state index contributed by atoms with van der Waals surface area (Å²) < 4.78 is 13.0. The average Bonchev–Trinajstić information content (AvgIpc) is 2.68.